The van der Waals surface area contributed by atoms with Crippen molar-refractivity contribution in [3.8, 4) is 11.1 Å². The largest absolute Gasteiger partial charge is 0.352 e. The molecule has 130 valence electrons. The number of amides is 3. The van der Waals surface area contributed by atoms with Crippen molar-refractivity contribution in [1.82, 2.24) is 16.1 Å². The minimum absolute atomic E-state index is 0.0343. The Labute approximate surface area is 145 Å². The monoisotopic (exact) mass is 341 g/mol. The molecule has 0 unspecified atom stereocenters. The van der Waals surface area contributed by atoms with E-state index in [1.165, 1.54) is 5.48 Å². The molecule has 2 aromatic rings. The first-order valence-corrected chi connectivity index (χ1v) is 7.73. The van der Waals surface area contributed by atoms with Crippen LogP contribution in [0.15, 0.2) is 54.6 Å². The molecule has 0 saturated carbocycles. The summed E-state index contributed by atoms with van der Waals surface area (Å²) < 4.78 is 0. The summed E-state index contributed by atoms with van der Waals surface area (Å²) in [6.45, 7) is -0.171. The number of nitrogens with one attached hydrogen (secondary N) is 3. The highest BCUT2D eigenvalue weighted by Crippen LogP contribution is 2.19. The SMILES string of the molecule is O=C(CNC(=O)CCNC(=O)c1ccc(-c2ccccc2)cc1)NO. The van der Waals surface area contributed by atoms with Crippen LogP contribution in [0.3, 0.4) is 0 Å². The maximum Gasteiger partial charge on any atom is 0.262 e. The van der Waals surface area contributed by atoms with Gasteiger partial charge in [-0.05, 0) is 23.3 Å². The molecule has 0 aliphatic carbocycles. The maximum atomic E-state index is 12.0. The zero-order valence-corrected chi connectivity index (χ0v) is 13.5. The number of carbonyl (C=O) groups excluding carboxylic acids is 3. The summed E-state index contributed by atoms with van der Waals surface area (Å²) in [5.41, 5.74) is 3.99. The van der Waals surface area contributed by atoms with Gasteiger partial charge in [0, 0.05) is 18.5 Å². The van der Waals surface area contributed by atoms with Crippen molar-refractivity contribution in [3.63, 3.8) is 0 Å². The molecule has 0 saturated heterocycles. The van der Waals surface area contributed by atoms with Gasteiger partial charge in [-0.25, -0.2) is 5.48 Å². The number of benzene rings is 2. The van der Waals surface area contributed by atoms with Crippen LogP contribution in [0.2, 0.25) is 0 Å². The predicted octanol–water partition coefficient (Wildman–Crippen LogP) is 1.10. The molecule has 0 atom stereocenters. The number of carbonyl (C=O) groups is 3. The van der Waals surface area contributed by atoms with Crippen LogP contribution < -0.4 is 16.1 Å². The fraction of sp³-hybridized carbons (Fsp3) is 0.167. The fourth-order valence-electron chi connectivity index (χ4n) is 2.14. The quantitative estimate of drug-likeness (QED) is 0.447. The van der Waals surface area contributed by atoms with Crippen LogP contribution >= 0.6 is 0 Å². The molecule has 3 amide bonds. The van der Waals surface area contributed by atoms with E-state index in [2.05, 4.69) is 10.6 Å². The molecular weight excluding hydrogens is 322 g/mol. The van der Waals surface area contributed by atoms with Crippen LogP contribution in [0.25, 0.3) is 11.1 Å². The molecule has 0 spiro atoms. The van der Waals surface area contributed by atoms with E-state index in [1.54, 1.807) is 12.1 Å². The lowest BCUT2D eigenvalue weighted by Crippen LogP contribution is -2.37. The van der Waals surface area contributed by atoms with Crippen molar-refractivity contribution < 1.29 is 19.6 Å². The summed E-state index contributed by atoms with van der Waals surface area (Å²) in [7, 11) is 0. The van der Waals surface area contributed by atoms with Crippen LogP contribution in [0.1, 0.15) is 16.8 Å². The zero-order chi connectivity index (χ0) is 18.1. The van der Waals surface area contributed by atoms with E-state index in [-0.39, 0.29) is 25.4 Å². The van der Waals surface area contributed by atoms with Gasteiger partial charge < -0.3 is 10.6 Å². The molecular formula is C18H19N3O4. The van der Waals surface area contributed by atoms with Gasteiger partial charge in [0.15, 0.2) is 0 Å². The van der Waals surface area contributed by atoms with Crippen LogP contribution in [0.5, 0.6) is 0 Å². The molecule has 2 rings (SSSR count). The van der Waals surface area contributed by atoms with E-state index in [4.69, 9.17) is 5.21 Å². The molecule has 4 N–H and O–H groups in total. The Hall–Kier alpha value is -3.19. The van der Waals surface area contributed by atoms with Gasteiger partial charge in [0.05, 0.1) is 6.54 Å². The third-order valence-electron chi connectivity index (χ3n) is 3.46. The highest BCUT2D eigenvalue weighted by Gasteiger charge is 2.08. The molecule has 0 fully saturated rings. The van der Waals surface area contributed by atoms with E-state index in [9.17, 15) is 14.4 Å². The minimum atomic E-state index is -0.712. The molecule has 0 heterocycles. The molecule has 0 aliphatic heterocycles. The molecule has 7 heteroatoms. The number of hydroxylamine groups is 1. The Morgan fingerprint density at radius 1 is 0.800 bits per heavy atom. The van der Waals surface area contributed by atoms with Gasteiger partial charge in [0.1, 0.15) is 0 Å². The Bertz CT molecular complexity index is 730. The van der Waals surface area contributed by atoms with Crippen molar-refractivity contribution in [2.24, 2.45) is 0 Å². The van der Waals surface area contributed by atoms with Gasteiger partial charge >= 0.3 is 0 Å². The lowest BCUT2D eigenvalue weighted by molar-refractivity contribution is -0.131. The first kappa shape index (κ1) is 18.2. The number of rotatable bonds is 7. The Morgan fingerprint density at radius 3 is 2.08 bits per heavy atom. The van der Waals surface area contributed by atoms with Crippen molar-refractivity contribution >= 4 is 17.7 Å². The summed E-state index contributed by atoms with van der Waals surface area (Å²) in [5, 5.41) is 13.3. The standard InChI is InChI=1S/C18H19N3O4/c22-16(20-12-17(23)21-25)10-11-19-18(24)15-8-6-14(7-9-15)13-4-2-1-3-5-13/h1-9,25H,10-12H2,(H,19,24)(H,20,22)(H,21,23). The highest BCUT2D eigenvalue weighted by atomic mass is 16.5. The van der Waals surface area contributed by atoms with Crippen molar-refractivity contribution in [3.05, 3.63) is 60.2 Å². The normalized spacial score (nSPS) is 9.96. The highest BCUT2D eigenvalue weighted by molar-refractivity contribution is 5.95. The first-order chi connectivity index (χ1) is 12.1. The molecule has 7 nitrogen and oxygen atoms in total. The smallest absolute Gasteiger partial charge is 0.262 e. The van der Waals surface area contributed by atoms with E-state index in [0.29, 0.717) is 5.56 Å². The molecule has 0 bridgehead atoms. The summed E-state index contributed by atoms with van der Waals surface area (Å²) in [6.07, 6.45) is 0.0343. The minimum Gasteiger partial charge on any atom is -0.352 e. The van der Waals surface area contributed by atoms with Gasteiger partial charge in [-0.15, -0.1) is 0 Å². The van der Waals surface area contributed by atoms with Crippen LogP contribution in [-0.2, 0) is 9.59 Å². The molecule has 0 aromatic heterocycles. The Balaban J connectivity index is 1.79. The van der Waals surface area contributed by atoms with Crippen molar-refractivity contribution in [1.29, 1.82) is 0 Å². The van der Waals surface area contributed by atoms with E-state index in [1.807, 2.05) is 42.5 Å². The van der Waals surface area contributed by atoms with Gasteiger partial charge in [0.2, 0.25) is 5.91 Å². The van der Waals surface area contributed by atoms with Crippen LogP contribution in [-0.4, -0.2) is 36.0 Å². The fourth-order valence-corrected chi connectivity index (χ4v) is 2.14. The van der Waals surface area contributed by atoms with E-state index >= 15 is 0 Å². The second-order valence-corrected chi connectivity index (χ2v) is 5.26. The summed E-state index contributed by atoms with van der Waals surface area (Å²) >= 11 is 0. The van der Waals surface area contributed by atoms with Crippen LogP contribution in [0, 0.1) is 0 Å². The summed E-state index contributed by atoms with van der Waals surface area (Å²) in [5.74, 6) is -1.39. The van der Waals surface area contributed by atoms with Gasteiger partial charge in [-0.2, -0.15) is 0 Å². The van der Waals surface area contributed by atoms with Gasteiger partial charge in [0.25, 0.3) is 11.8 Å². The van der Waals surface area contributed by atoms with Gasteiger partial charge in [-0.3, -0.25) is 19.6 Å². The van der Waals surface area contributed by atoms with Crippen LogP contribution in [0.4, 0.5) is 0 Å². The second kappa shape index (κ2) is 9.19. The lowest BCUT2D eigenvalue weighted by Gasteiger charge is -2.07. The van der Waals surface area contributed by atoms with Crippen molar-refractivity contribution in [2.45, 2.75) is 6.42 Å². The summed E-state index contributed by atoms with van der Waals surface area (Å²) in [6, 6.07) is 17.0. The Kier molecular flexibility index (Phi) is 6.67. The van der Waals surface area contributed by atoms with Gasteiger partial charge in [-0.1, -0.05) is 42.5 Å². The van der Waals surface area contributed by atoms with E-state index < -0.39 is 11.8 Å². The molecule has 25 heavy (non-hydrogen) atoms. The topological polar surface area (TPSA) is 108 Å². The lowest BCUT2D eigenvalue weighted by atomic mass is 10.0. The molecule has 0 radical (unpaired) electrons. The summed E-state index contributed by atoms with van der Waals surface area (Å²) in [4.78, 5) is 34.3. The molecule has 0 aliphatic rings. The first-order valence-electron chi connectivity index (χ1n) is 7.73. The predicted molar refractivity (Wildman–Crippen MR) is 91.8 cm³/mol. The third kappa shape index (κ3) is 5.74. The van der Waals surface area contributed by atoms with Crippen molar-refractivity contribution in [2.75, 3.05) is 13.1 Å². The number of hydrogen-bond acceptors (Lipinski definition) is 4. The average molecular weight is 341 g/mol. The maximum absolute atomic E-state index is 12.0. The number of hydrogen-bond donors (Lipinski definition) is 4. The third-order valence-corrected chi connectivity index (χ3v) is 3.46. The van der Waals surface area contributed by atoms with E-state index in [0.717, 1.165) is 11.1 Å². The zero-order valence-electron chi connectivity index (χ0n) is 13.5. The molecule has 2 aromatic carbocycles. The Morgan fingerprint density at radius 2 is 1.44 bits per heavy atom. The average Bonchev–Trinajstić information content (AvgIpc) is 2.66. The second-order valence-electron chi connectivity index (χ2n) is 5.26.